The smallest absolute Gasteiger partial charge is 0.329 e. The first-order valence-electron chi connectivity index (χ1n) is 7.35. The van der Waals surface area contributed by atoms with Crippen molar-refractivity contribution in [3.63, 3.8) is 0 Å². The summed E-state index contributed by atoms with van der Waals surface area (Å²) in [7, 11) is 0. The Morgan fingerprint density at radius 3 is 2.45 bits per heavy atom. The van der Waals surface area contributed by atoms with Gasteiger partial charge in [0.1, 0.15) is 6.61 Å². The minimum atomic E-state index is -0.871. The number of benzene rings is 1. The van der Waals surface area contributed by atoms with E-state index < -0.39 is 5.97 Å². The molecule has 0 radical (unpaired) electrons. The summed E-state index contributed by atoms with van der Waals surface area (Å²) in [6.07, 6.45) is 4.48. The van der Waals surface area contributed by atoms with Crippen LogP contribution in [-0.2, 0) is 16.1 Å². The van der Waals surface area contributed by atoms with Crippen LogP contribution in [0, 0.1) is 0 Å². The molecule has 2 bridgehead atoms. The molecule has 2 fully saturated rings. The molecule has 2 unspecified atom stereocenters. The zero-order valence-electron chi connectivity index (χ0n) is 11.6. The summed E-state index contributed by atoms with van der Waals surface area (Å²) in [4.78, 5) is 13.2. The number of hydrogen-bond donors (Lipinski definition) is 1. The Labute approximate surface area is 119 Å². The number of carboxylic acids is 1. The van der Waals surface area contributed by atoms with Gasteiger partial charge in [0.25, 0.3) is 0 Å². The predicted molar refractivity (Wildman–Crippen MR) is 75.4 cm³/mol. The van der Waals surface area contributed by atoms with Crippen molar-refractivity contribution in [2.45, 2.75) is 50.4 Å². The Bertz CT molecular complexity index is 448. The Hall–Kier alpha value is -1.39. The minimum Gasteiger partial charge on any atom is -0.480 e. The summed E-state index contributed by atoms with van der Waals surface area (Å²) >= 11 is 0. The number of nitrogens with zero attached hydrogens (tertiary/aromatic N) is 1. The molecule has 108 valence electrons. The van der Waals surface area contributed by atoms with E-state index in [4.69, 9.17) is 9.84 Å². The molecular weight excluding hydrogens is 254 g/mol. The second kappa shape index (κ2) is 5.94. The fourth-order valence-electron chi connectivity index (χ4n) is 3.60. The molecule has 0 amide bonds. The number of carboxylic acid groups (broad SMARTS) is 1. The van der Waals surface area contributed by atoms with Gasteiger partial charge in [0, 0.05) is 18.6 Å². The van der Waals surface area contributed by atoms with Crippen LogP contribution >= 0.6 is 0 Å². The molecule has 1 aromatic carbocycles. The first-order valence-corrected chi connectivity index (χ1v) is 7.35. The lowest BCUT2D eigenvalue weighted by molar-refractivity contribution is -0.146. The van der Waals surface area contributed by atoms with Gasteiger partial charge in [-0.2, -0.15) is 0 Å². The normalized spacial score (nSPS) is 29.5. The molecule has 2 atom stereocenters. The third-order valence-electron chi connectivity index (χ3n) is 4.49. The predicted octanol–water partition coefficient (Wildman–Crippen LogP) is 2.28. The van der Waals surface area contributed by atoms with E-state index >= 15 is 0 Å². The molecule has 4 nitrogen and oxygen atoms in total. The summed E-state index contributed by atoms with van der Waals surface area (Å²) in [5.41, 5.74) is 1.36. The van der Waals surface area contributed by atoms with Gasteiger partial charge in [-0.05, 0) is 31.2 Å². The Balaban J connectivity index is 1.59. The van der Waals surface area contributed by atoms with Crippen molar-refractivity contribution in [1.82, 2.24) is 4.90 Å². The zero-order chi connectivity index (χ0) is 13.9. The van der Waals surface area contributed by atoms with E-state index in [1.54, 1.807) is 0 Å². The van der Waals surface area contributed by atoms with Crippen molar-refractivity contribution in [2.24, 2.45) is 0 Å². The van der Waals surface area contributed by atoms with E-state index in [0.717, 1.165) is 19.4 Å². The molecule has 2 heterocycles. The highest BCUT2D eigenvalue weighted by Crippen LogP contribution is 2.37. The highest BCUT2D eigenvalue weighted by Gasteiger charge is 2.40. The Morgan fingerprint density at radius 2 is 1.85 bits per heavy atom. The van der Waals surface area contributed by atoms with Crippen molar-refractivity contribution >= 4 is 5.97 Å². The van der Waals surface area contributed by atoms with Gasteiger partial charge in [0.05, 0.1) is 6.10 Å². The SMILES string of the molecule is O=C(O)COC1CC2CCC(C1)N2Cc1ccccc1. The van der Waals surface area contributed by atoms with Crippen LogP contribution in [0.15, 0.2) is 30.3 Å². The quantitative estimate of drug-likeness (QED) is 0.895. The number of ether oxygens (including phenoxy) is 1. The summed E-state index contributed by atoms with van der Waals surface area (Å²) < 4.78 is 5.50. The molecule has 20 heavy (non-hydrogen) atoms. The average molecular weight is 275 g/mol. The van der Waals surface area contributed by atoms with Crippen LogP contribution in [-0.4, -0.2) is 40.8 Å². The standard InChI is InChI=1S/C16H21NO3/c18-16(19)11-20-15-8-13-6-7-14(9-15)17(13)10-12-4-2-1-3-5-12/h1-5,13-15H,6-11H2,(H,18,19). The lowest BCUT2D eigenvalue weighted by Crippen LogP contribution is -2.45. The van der Waals surface area contributed by atoms with Crippen LogP contribution < -0.4 is 0 Å². The van der Waals surface area contributed by atoms with Crippen molar-refractivity contribution < 1.29 is 14.6 Å². The number of aliphatic carboxylic acids is 1. The molecule has 0 spiro atoms. The van der Waals surface area contributed by atoms with E-state index in [-0.39, 0.29) is 12.7 Å². The van der Waals surface area contributed by atoms with Crippen LogP contribution in [0.2, 0.25) is 0 Å². The highest BCUT2D eigenvalue weighted by atomic mass is 16.5. The zero-order valence-corrected chi connectivity index (χ0v) is 11.6. The van der Waals surface area contributed by atoms with E-state index in [1.807, 2.05) is 6.07 Å². The van der Waals surface area contributed by atoms with Crippen LogP contribution in [0.4, 0.5) is 0 Å². The number of carbonyl (C=O) groups is 1. The minimum absolute atomic E-state index is 0.121. The van der Waals surface area contributed by atoms with Gasteiger partial charge in [-0.25, -0.2) is 4.79 Å². The number of hydrogen-bond acceptors (Lipinski definition) is 3. The van der Waals surface area contributed by atoms with Gasteiger partial charge in [0.15, 0.2) is 0 Å². The lowest BCUT2D eigenvalue weighted by Gasteiger charge is -2.38. The van der Waals surface area contributed by atoms with E-state index in [9.17, 15) is 4.79 Å². The molecule has 1 aromatic rings. The van der Waals surface area contributed by atoms with Gasteiger partial charge in [0.2, 0.25) is 0 Å². The largest absolute Gasteiger partial charge is 0.480 e. The van der Waals surface area contributed by atoms with Crippen molar-refractivity contribution in [1.29, 1.82) is 0 Å². The maximum atomic E-state index is 10.6. The van der Waals surface area contributed by atoms with Crippen LogP contribution in [0.5, 0.6) is 0 Å². The van der Waals surface area contributed by atoms with Gasteiger partial charge in [-0.1, -0.05) is 30.3 Å². The first-order chi connectivity index (χ1) is 9.72. The van der Waals surface area contributed by atoms with E-state index in [1.165, 1.54) is 18.4 Å². The summed E-state index contributed by atoms with van der Waals surface area (Å²) in [6, 6.07) is 11.7. The van der Waals surface area contributed by atoms with Crippen molar-refractivity contribution in [3.8, 4) is 0 Å². The second-order valence-corrected chi connectivity index (χ2v) is 5.84. The molecule has 0 saturated carbocycles. The fraction of sp³-hybridized carbons (Fsp3) is 0.562. The lowest BCUT2D eigenvalue weighted by atomic mass is 9.99. The van der Waals surface area contributed by atoms with Gasteiger partial charge in [-0.3, -0.25) is 4.90 Å². The molecule has 3 rings (SSSR count). The summed E-state index contributed by atoms with van der Waals surface area (Å²) in [5, 5.41) is 8.70. The summed E-state index contributed by atoms with van der Waals surface area (Å²) in [5.74, 6) is -0.871. The van der Waals surface area contributed by atoms with Crippen LogP contribution in [0.1, 0.15) is 31.2 Å². The van der Waals surface area contributed by atoms with Gasteiger partial charge in [-0.15, -0.1) is 0 Å². The molecular formula is C16H21NO3. The third kappa shape index (κ3) is 3.02. The van der Waals surface area contributed by atoms with Crippen molar-refractivity contribution in [3.05, 3.63) is 35.9 Å². The second-order valence-electron chi connectivity index (χ2n) is 5.84. The first kappa shape index (κ1) is 13.6. The highest BCUT2D eigenvalue weighted by molar-refractivity contribution is 5.68. The Kier molecular flexibility index (Phi) is 4.03. The van der Waals surface area contributed by atoms with E-state index in [0.29, 0.717) is 12.1 Å². The molecule has 2 saturated heterocycles. The van der Waals surface area contributed by atoms with Crippen LogP contribution in [0.25, 0.3) is 0 Å². The topological polar surface area (TPSA) is 49.8 Å². The molecule has 1 N–H and O–H groups in total. The summed E-state index contributed by atoms with van der Waals surface area (Å²) in [6.45, 7) is 0.838. The molecule has 2 aliphatic rings. The molecule has 2 aliphatic heterocycles. The average Bonchev–Trinajstić information content (AvgIpc) is 2.69. The number of rotatable bonds is 5. The molecule has 4 heteroatoms. The maximum absolute atomic E-state index is 10.6. The third-order valence-corrected chi connectivity index (χ3v) is 4.49. The maximum Gasteiger partial charge on any atom is 0.329 e. The number of fused-ring (bicyclic) bond motifs is 2. The Morgan fingerprint density at radius 1 is 1.20 bits per heavy atom. The van der Waals surface area contributed by atoms with Crippen molar-refractivity contribution in [2.75, 3.05) is 6.61 Å². The monoisotopic (exact) mass is 275 g/mol. The van der Waals surface area contributed by atoms with Crippen LogP contribution in [0.3, 0.4) is 0 Å². The fourth-order valence-corrected chi connectivity index (χ4v) is 3.60. The molecule has 0 aliphatic carbocycles. The molecule has 0 aromatic heterocycles. The van der Waals surface area contributed by atoms with Gasteiger partial charge < -0.3 is 9.84 Å². The number of piperidine rings is 1. The van der Waals surface area contributed by atoms with E-state index in [2.05, 4.69) is 29.2 Å². The van der Waals surface area contributed by atoms with Gasteiger partial charge >= 0.3 is 5.97 Å².